The van der Waals surface area contributed by atoms with Crippen molar-refractivity contribution in [3.8, 4) is 0 Å². The highest BCUT2D eigenvalue weighted by molar-refractivity contribution is 5.75. The van der Waals surface area contributed by atoms with Crippen LogP contribution in [-0.4, -0.2) is 34.0 Å². The van der Waals surface area contributed by atoms with Crippen LogP contribution < -0.4 is 16.0 Å². The molecule has 2 aliphatic heterocycles. The highest BCUT2D eigenvalue weighted by Gasteiger charge is 2.33. The van der Waals surface area contributed by atoms with Crippen molar-refractivity contribution in [3.63, 3.8) is 0 Å². The number of piperidine rings is 1. The van der Waals surface area contributed by atoms with E-state index in [9.17, 15) is 13.6 Å². The first-order chi connectivity index (χ1) is 15.9. The van der Waals surface area contributed by atoms with Gasteiger partial charge in [-0.25, -0.2) is 8.78 Å². The van der Waals surface area contributed by atoms with E-state index in [1.54, 1.807) is 37.1 Å². The van der Waals surface area contributed by atoms with Gasteiger partial charge in [-0.15, -0.1) is 5.53 Å². The summed E-state index contributed by atoms with van der Waals surface area (Å²) in [6.45, 7) is 7.86. The van der Waals surface area contributed by atoms with Crippen molar-refractivity contribution in [2.45, 2.75) is 33.1 Å². The van der Waals surface area contributed by atoms with Gasteiger partial charge in [-0.2, -0.15) is 4.98 Å². The average Bonchev–Trinajstić information content (AvgIpc) is 3.42. The fraction of sp³-hybridized carbons (Fsp3) is 0.348. The number of likely N-dealkylation sites (tertiary alicyclic amines) is 1. The molecule has 1 atom stereocenters. The van der Waals surface area contributed by atoms with Gasteiger partial charge in [0.05, 0.1) is 17.0 Å². The van der Waals surface area contributed by atoms with Crippen LogP contribution in [0.5, 0.6) is 0 Å². The summed E-state index contributed by atoms with van der Waals surface area (Å²) in [7, 11) is 0. The monoisotopic (exact) mass is 456 g/mol. The molecule has 1 unspecified atom stereocenters. The third-order valence-electron chi connectivity index (χ3n) is 5.85. The van der Waals surface area contributed by atoms with Crippen molar-refractivity contribution < 1.29 is 18.1 Å². The lowest BCUT2D eigenvalue weighted by Gasteiger charge is -2.33. The fourth-order valence-corrected chi connectivity index (χ4v) is 4.20. The molecule has 8 nitrogen and oxygen atoms in total. The van der Waals surface area contributed by atoms with Gasteiger partial charge in [-0.05, 0) is 44.2 Å². The fourth-order valence-electron chi connectivity index (χ4n) is 4.20. The Bertz CT molecular complexity index is 1130. The Kier molecular flexibility index (Phi) is 6.55. The molecule has 1 fully saturated rings. The summed E-state index contributed by atoms with van der Waals surface area (Å²) in [6, 6.07) is 6.38. The molecule has 1 aromatic carbocycles. The van der Waals surface area contributed by atoms with Crippen LogP contribution in [0.4, 0.5) is 14.5 Å². The number of nitrogens with one attached hydrogen (secondary N) is 2. The molecule has 174 valence electrons. The van der Waals surface area contributed by atoms with Gasteiger partial charge in [0.1, 0.15) is 17.3 Å². The minimum Gasteiger partial charge on any atom is -0.343 e. The minimum absolute atomic E-state index is 0.0365. The Balaban J connectivity index is 1.71. The largest absolute Gasteiger partial charge is 0.343 e. The van der Waals surface area contributed by atoms with Gasteiger partial charge in [-0.3, -0.25) is 15.2 Å². The zero-order valence-corrected chi connectivity index (χ0v) is 18.6. The number of carbonyl (C=O) groups excluding carboxylic acids is 1. The van der Waals surface area contributed by atoms with Crippen molar-refractivity contribution >= 4 is 22.9 Å². The van der Waals surface area contributed by atoms with Crippen molar-refractivity contribution in [1.82, 2.24) is 26.0 Å². The Hall–Kier alpha value is -3.53. The van der Waals surface area contributed by atoms with Crippen LogP contribution >= 0.6 is 0 Å². The zero-order valence-electron chi connectivity index (χ0n) is 18.6. The number of halogens is 2. The lowest BCUT2D eigenvalue weighted by Crippen LogP contribution is -2.41. The summed E-state index contributed by atoms with van der Waals surface area (Å²) < 4.78 is 33.8. The van der Waals surface area contributed by atoms with E-state index in [0.29, 0.717) is 30.0 Å². The van der Waals surface area contributed by atoms with E-state index in [1.165, 1.54) is 12.1 Å². The van der Waals surface area contributed by atoms with E-state index < -0.39 is 11.6 Å². The molecule has 2 aliphatic rings. The summed E-state index contributed by atoms with van der Waals surface area (Å²) in [5, 5.41) is 5.49. The third kappa shape index (κ3) is 4.65. The maximum Gasteiger partial charge on any atom is 0.277 e. The number of para-hydroxylation sites is 1. The van der Waals surface area contributed by atoms with Crippen LogP contribution in [0.3, 0.4) is 0 Å². The first-order valence-corrected chi connectivity index (χ1v) is 10.8. The second kappa shape index (κ2) is 9.53. The van der Waals surface area contributed by atoms with Gasteiger partial charge >= 0.3 is 0 Å². The smallest absolute Gasteiger partial charge is 0.277 e. The molecule has 33 heavy (non-hydrogen) atoms. The quantitative estimate of drug-likeness (QED) is 0.637. The molecule has 0 radical (unpaired) electrons. The summed E-state index contributed by atoms with van der Waals surface area (Å²) in [4.78, 5) is 18.1. The van der Waals surface area contributed by atoms with Gasteiger partial charge in [0, 0.05) is 20.0 Å². The summed E-state index contributed by atoms with van der Waals surface area (Å²) >= 11 is 0. The van der Waals surface area contributed by atoms with Crippen molar-refractivity contribution in [1.29, 1.82) is 0 Å². The molecular formula is C23H26F2N6O2. The van der Waals surface area contributed by atoms with Crippen LogP contribution in [0, 0.1) is 11.7 Å². The summed E-state index contributed by atoms with van der Waals surface area (Å²) in [6.07, 6.45) is 3.85. The molecule has 3 heterocycles. The average molecular weight is 456 g/mol. The second-order valence-electron chi connectivity index (χ2n) is 8.05. The molecule has 1 aromatic heterocycles. The van der Waals surface area contributed by atoms with Crippen LogP contribution in [-0.2, 0) is 4.79 Å². The summed E-state index contributed by atoms with van der Waals surface area (Å²) in [5.41, 5.74) is 7.57. The maximum atomic E-state index is 14.6. The van der Waals surface area contributed by atoms with Gasteiger partial charge in [0.2, 0.25) is 11.7 Å². The van der Waals surface area contributed by atoms with Crippen LogP contribution in [0.1, 0.15) is 44.8 Å². The van der Waals surface area contributed by atoms with E-state index in [0.717, 1.165) is 19.4 Å². The third-order valence-corrected chi connectivity index (χ3v) is 5.85. The first kappa shape index (κ1) is 22.7. The SMILES string of the molecule is C=C(F)/C(=C\C)c1noc(C2=C(CC3CCCN(C(C)=O)C3)N(c3ccccc3F)NN2)n1. The number of anilines is 1. The van der Waals surface area contributed by atoms with E-state index in [4.69, 9.17) is 4.52 Å². The number of benzene rings is 1. The number of allylic oxidation sites excluding steroid dienone is 4. The normalized spacial score (nSPS) is 19.2. The van der Waals surface area contributed by atoms with Gasteiger partial charge in [0.25, 0.3) is 5.89 Å². The van der Waals surface area contributed by atoms with Crippen molar-refractivity contribution in [3.05, 3.63) is 66.0 Å². The Morgan fingerprint density at radius 2 is 2.18 bits per heavy atom. The lowest BCUT2D eigenvalue weighted by molar-refractivity contribution is -0.130. The standard InChI is InChI=1S/C23H26F2N6O2/c1-4-17(14(2)24)22-26-23(33-28-22)21-20(12-16-8-7-11-30(13-16)15(3)32)31(29-27-21)19-10-6-5-9-18(19)25/h4-6,9-10,16,27,29H,2,7-8,11-13H2,1,3H3/b17-4+. The van der Waals surface area contributed by atoms with Crippen LogP contribution in [0.2, 0.25) is 0 Å². The number of amides is 1. The molecule has 1 saturated heterocycles. The summed E-state index contributed by atoms with van der Waals surface area (Å²) in [5.74, 6) is -0.687. The maximum absolute atomic E-state index is 14.6. The second-order valence-corrected chi connectivity index (χ2v) is 8.05. The molecule has 0 spiro atoms. The predicted octanol–water partition coefficient (Wildman–Crippen LogP) is 3.94. The number of carbonyl (C=O) groups is 1. The molecular weight excluding hydrogens is 430 g/mol. The zero-order chi connectivity index (χ0) is 23.5. The van der Waals surface area contributed by atoms with Crippen molar-refractivity contribution in [2.24, 2.45) is 5.92 Å². The van der Waals surface area contributed by atoms with Gasteiger partial charge < -0.3 is 9.42 Å². The highest BCUT2D eigenvalue weighted by Crippen LogP contribution is 2.34. The van der Waals surface area contributed by atoms with Gasteiger partial charge in [-0.1, -0.05) is 29.9 Å². The van der Waals surface area contributed by atoms with E-state index in [-0.39, 0.29) is 29.1 Å². The predicted molar refractivity (Wildman–Crippen MR) is 120 cm³/mol. The number of aromatic nitrogens is 2. The first-order valence-electron chi connectivity index (χ1n) is 10.8. The molecule has 1 amide bonds. The number of rotatable bonds is 6. The van der Waals surface area contributed by atoms with Crippen molar-refractivity contribution in [2.75, 3.05) is 18.1 Å². The molecule has 2 aromatic rings. The van der Waals surface area contributed by atoms with E-state index >= 15 is 0 Å². The highest BCUT2D eigenvalue weighted by atomic mass is 19.1. The Morgan fingerprint density at radius 3 is 2.88 bits per heavy atom. The lowest BCUT2D eigenvalue weighted by atomic mass is 9.92. The van der Waals surface area contributed by atoms with Crippen LogP contribution in [0.15, 0.2) is 53.0 Å². The number of hydrogen-bond donors (Lipinski definition) is 2. The van der Waals surface area contributed by atoms with E-state index in [2.05, 4.69) is 27.7 Å². The number of nitrogens with zero attached hydrogens (tertiary/aromatic N) is 4. The van der Waals surface area contributed by atoms with Gasteiger partial charge in [0.15, 0.2) is 0 Å². The van der Waals surface area contributed by atoms with Crippen LogP contribution in [0.25, 0.3) is 11.3 Å². The topological polar surface area (TPSA) is 86.5 Å². The molecule has 10 heteroatoms. The molecule has 0 bridgehead atoms. The molecule has 0 saturated carbocycles. The Morgan fingerprint density at radius 1 is 1.39 bits per heavy atom. The number of hydrazine groups is 2. The minimum atomic E-state index is -0.670. The molecule has 2 N–H and O–H groups in total. The molecule has 0 aliphatic carbocycles. The Labute approximate surface area is 190 Å². The molecule has 4 rings (SSSR count). The van der Waals surface area contributed by atoms with E-state index in [1.807, 2.05) is 4.90 Å². The number of hydrogen-bond acceptors (Lipinski definition) is 7.